The van der Waals surface area contributed by atoms with Gasteiger partial charge in [-0.3, -0.25) is 4.21 Å². The number of aromatic nitrogens is 2. The average Bonchev–Trinajstić information content (AvgIpc) is 2.24. The third kappa shape index (κ3) is 3.92. The van der Waals surface area contributed by atoms with Crippen LogP contribution in [0.25, 0.3) is 0 Å². The van der Waals surface area contributed by atoms with Gasteiger partial charge >= 0.3 is 0 Å². The van der Waals surface area contributed by atoms with E-state index in [1.54, 1.807) is 6.26 Å². The monoisotopic (exact) mass is 275 g/mol. The van der Waals surface area contributed by atoms with Crippen molar-refractivity contribution in [1.82, 2.24) is 9.97 Å². The van der Waals surface area contributed by atoms with E-state index >= 15 is 0 Å². The van der Waals surface area contributed by atoms with Crippen molar-refractivity contribution < 1.29 is 4.21 Å². The van der Waals surface area contributed by atoms with E-state index in [-0.39, 0.29) is 11.2 Å². The largest absolute Gasteiger partial charge is 0.368 e. The molecule has 17 heavy (non-hydrogen) atoms. The molecule has 0 spiro atoms. The Morgan fingerprint density at radius 1 is 1.41 bits per heavy atom. The molecule has 0 aliphatic rings. The van der Waals surface area contributed by atoms with Crippen molar-refractivity contribution >= 4 is 28.2 Å². The summed E-state index contributed by atoms with van der Waals surface area (Å²) in [7, 11) is -0.846. The van der Waals surface area contributed by atoms with E-state index in [0.717, 1.165) is 11.4 Å². The van der Waals surface area contributed by atoms with Gasteiger partial charge in [0, 0.05) is 34.4 Å². The minimum absolute atomic E-state index is 0.0729. The maximum atomic E-state index is 11.3. The third-order valence-corrected chi connectivity index (χ3v) is 4.14. The molecule has 0 saturated heterocycles. The van der Waals surface area contributed by atoms with Crippen LogP contribution in [-0.4, -0.2) is 32.2 Å². The van der Waals surface area contributed by atoms with Gasteiger partial charge in [0.25, 0.3) is 0 Å². The lowest BCUT2D eigenvalue weighted by Crippen LogP contribution is -2.22. The van der Waals surface area contributed by atoms with Crippen LogP contribution in [0.4, 0.5) is 5.82 Å². The second-order valence-corrected chi connectivity index (χ2v) is 6.43. The molecule has 0 radical (unpaired) electrons. The fraction of sp³-hybridized carbons (Fsp3) is 0.636. The van der Waals surface area contributed by atoms with Crippen LogP contribution in [0.3, 0.4) is 0 Å². The van der Waals surface area contributed by atoms with E-state index < -0.39 is 10.8 Å². The van der Waals surface area contributed by atoms with Crippen LogP contribution in [0.5, 0.6) is 0 Å². The number of halogens is 1. The SMILES string of the molecule is CC(C)c1c(Cl)ncnc1NCC(C)S(C)=O. The zero-order valence-corrected chi connectivity index (χ0v) is 12.1. The van der Waals surface area contributed by atoms with Gasteiger partial charge in [0.1, 0.15) is 17.3 Å². The van der Waals surface area contributed by atoms with Crippen LogP contribution in [0.2, 0.25) is 5.15 Å². The molecule has 1 N–H and O–H groups in total. The lowest BCUT2D eigenvalue weighted by Gasteiger charge is -2.16. The molecular weight excluding hydrogens is 258 g/mol. The Labute approximate surface area is 110 Å². The molecule has 1 rings (SSSR count). The van der Waals surface area contributed by atoms with Crippen molar-refractivity contribution in [2.24, 2.45) is 0 Å². The summed E-state index contributed by atoms with van der Waals surface area (Å²) in [5, 5.41) is 3.74. The van der Waals surface area contributed by atoms with Gasteiger partial charge in [-0.2, -0.15) is 0 Å². The predicted octanol–water partition coefficient (Wildman–Crippen LogP) is 2.43. The van der Waals surface area contributed by atoms with Gasteiger partial charge in [0.2, 0.25) is 0 Å². The minimum Gasteiger partial charge on any atom is -0.368 e. The van der Waals surface area contributed by atoms with Gasteiger partial charge < -0.3 is 5.32 Å². The van der Waals surface area contributed by atoms with Gasteiger partial charge in [-0.1, -0.05) is 25.4 Å². The summed E-state index contributed by atoms with van der Waals surface area (Å²) in [4.78, 5) is 8.16. The Bertz CT molecular complexity index is 412. The number of hydrogen-bond acceptors (Lipinski definition) is 4. The molecule has 0 fully saturated rings. The third-order valence-electron chi connectivity index (χ3n) is 2.54. The minimum atomic E-state index is -0.846. The topological polar surface area (TPSA) is 54.9 Å². The highest BCUT2D eigenvalue weighted by molar-refractivity contribution is 7.84. The highest BCUT2D eigenvalue weighted by Crippen LogP contribution is 2.27. The highest BCUT2D eigenvalue weighted by atomic mass is 35.5. The first-order chi connectivity index (χ1) is 7.93. The molecule has 0 aliphatic carbocycles. The summed E-state index contributed by atoms with van der Waals surface area (Å²) in [5.74, 6) is 0.978. The summed E-state index contributed by atoms with van der Waals surface area (Å²) in [6.45, 7) is 6.62. The van der Waals surface area contributed by atoms with Crippen molar-refractivity contribution in [2.75, 3.05) is 18.1 Å². The normalized spacial score (nSPS) is 14.7. The van der Waals surface area contributed by atoms with Crippen LogP contribution in [-0.2, 0) is 10.8 Å². The van der Waals surface area contributed by atoms with E-state index in [1.165, 1.54) is 6.33 Å². The summed E-state index contributed by atoms with van der Waals surface area (Å²) in [6, 6.07) is 0. The fourth-order valence-corrected chi connectivity index (χ4v) is 2.05. The molecule has 1 aromatic heterocycles. The maximum absolute atomic E-state index is 11.3. The van der Waals surface area contributed by atoms with Crippen LogP contribution >= 0.6 is 11.6 Å². The average molecular weight is 276 g/mol. The van der Waals surface area contributed by atoms with E-state index in [1.807, 2.05) is 20.8 Å². The Kier molecular flexibility index (Phi) is 5.33. The lowest BCUT2D eigenvalue weighted by molar-refractivity contribution is 0.678. The number of nitrogens with zero attached hydrogens (tertiary/aromatic N) is 2. The summed E-state index contributed by atoms with van der Waals surface area (Å²) >= 11 is 6.05. The predicted molar refractivity (Wildman–Crippen MR) is 73.1 cm³/mol. The first-order valence-electron chi connectivity index (χ1n) is 5.50. The van der Waals surface area contributed by atoms with Crippen LogP contribution < -0.4 is 5.32 Å². The fourth-order valence-electron chi connectivity index (χ4n) is 1.38. The summed E-state index contributed by atoms with van der Waals surface area (Å²) in [5.41, 5.74) is 0.906. The zero-order valence-electron chi connectivity index (χ0n) is 10.5. The van der Waals surface area contributed by atoms with E-state index in [9.17, 15) is 4.21 Å². The van der Waals surface area contributed by atoms with Crippen molar-refractivity contribution in [3.8, 4) is 0 Å². The molecule has 6 heteroatoms. The Morgan fingerprint density at radius 2 is 2.06 bits per heavy atom. The number of hydrogen-bond donors (Lipinski definition) is 1. The second-order valence-electron chi connectivity index (χ2n) is 4.27. The van der Waals surface area contributed by atoms with Crippen LogP contribution in [0, 0.1) is 0 Å². The van der Waals surface area contributed by atoms with Gasteiger partial charge in [0.15, 0.2) is 0 Å². The Morgan fingerprint density at radius 3 is 2.59 bits per heavy atom. The van der Waals surface area contributed by atoms with E-state index in [4.69, 9.17) is 11.6 Å². The van der Waals surface area contributed by atoms with Crippen molar-refractivity contribution in [3.05, 3.63) is 17.0 Å². The van der Waals surface area contributed by atoms with Gasteiger partial charge in [0.05, 0.1) is 0 Å². The standard InChI is InChI=1S/C11H18ClN3OS/c1-7(2)9-10(12)14-6-15-11(9)13-5-8(3)17(4)16/h6-8H,5H2,1-4H3,(H,13,14,15). The molecule has 4 nitrogen and oxygen atoms in total. The lowest BCUT2D eigenvalue weighted by atomic mass is 10.1. The maximum Gasteiger partial charge on any atom is 0.138 e. The number of nitrogens with one attached hydrogen (secondary N) is 1. The highest BCUT2D eigenvalue weighted by Gasteiger charge is 2.14. The second kappa shape index (κ2) is 6.31. The molecule has 1 aromatic rings. The molecule has 0 saturated carbocycles. The van der Waals surface area contributed by atoms with E-state index in [2.05, 4.69) is 15.3 Å². The van der Waals surface area contributed by atoms with Crippen molar-refractivity contribution in [1.29, 1.82) is 0 Å². The molecule has 2 unspecified atom stereocenters. The molecule has 96 valence electrons. The molecule has 1 heterocycles. The smallest absolute Gasteiger partial charge is 0.138 e. The first-order valence-corrected chi connectivity index (χ1v) is 7.49. The van der Waals surface area contributed by atoms with Crippen molar-refractivity contribution in [3.63, 3.8) is 0 Å². The van der Waals surface area contributed by atoms with Crippen LogP contribution in [0.1, 0.15) is 32.3 Å². The molecule has 0 bridgehead atoms. The Hall–Kier alpha value is -0.680. The van der Waals surface area contributed by atoms with Gasteiger partial charge in [-0.15, -0.1) is 0 Å². The Balaban J connectivity index is 2.84. The van der Waals surface area contributed by atoms with Gasteiger partial charge in [-0.25, -0.2) is 9.97 Å². The quantitative estimate of drug-likeness (QED) is 0.839. The molecule has 0 amide bonds. The molecule has 2 atom stereocenters. The first kappa shape index (κ1) is 14.4. The molecule has 0 aliphatic heterocycles. The molecular formula is C11H18ClN3OS. The van der Waals surface area contributed by atoms with Crippen LogP contribution in [0.15, 0.2) is 6.33 Å². The zero-order chi connectivity index (χ0) is 13.0. The number of anilines is 1. The van der Waals surface area contributed by atoms with E-state index in [0.29, 0.717) is 11.7 Å². The van der Waals surface area contributed by atoms with Gasteiger partial charge in [-0.05, 0) is 12.8 Å². The van der Waals surface area contributed by atoms with Crippen molar-refractivity contribution in [2.45, 2.75) is 31.9 Å². The number of rotatable bonds is 5. The summed E-state index contributed by atoms with van der Waals surface area (Å²) < 4.78 is 11.3. The molecule has 0 aromatic carbocycles. The summed E-state index contributed by atoms with van der Waals surface area (Å²) in [6.07, 6.45) is 3.13.